The van der Waals surface area contributed by atoms with Gasteiger partial charge in [-0.05, 0) is 97.7 Å². The Balaban J connectivity index is 1.27. The molecule has 0 N–H and O–H groups in total. The molecule has 6 fully saturated rings. The standard InChI is InChI=1S/C23H26N2/c24-9-23(10-25)7-15(21-17-11-1-2-12(5-11)18(17)21)16(8-23)22-19-13-3-4-14(6-13)20(19)22/h11-14,17-22H,1-8H2/t11-,12+,13-,14+,17?,18?,19?,20?,21?,22?. The highest BCUT2D eigenvalue weighted by Gasteiger charge is 2.70. The highest BCUT2D eigenvalue weighted by Crippen LogP contribution is 2.77. The quantitative estimate of drug-likeness (QED) is 0.689. The minimum Gasteiger partial charge on any atom is -0.197 e. The Labute approximate surface area is 150 Å². The predicted molar refractivity (Wildman–Crippen MR) is 92.5 cm³/mol. The van der Waals surface area contributed by atoms with Gasteiger partial charge in [0.05, 0.1) is 12.1 Å². The fourth-order valence-corrected chi connectivity index (χ4v) is 9.37. The van der Waals surface area contributed by atoms with Crippen molar-refractivity contribution in [1.82, 2.24) is 0 Å². The van der Waals surface area contributed by atoms with Gasteiger partial charge in [-0.2, -0.15) is 10.5 Å². The van der Waals surface area contributed by atoms with Gasteiger partial charge in [0.15, 0.2) is 5.41 Å². The van der Waals surface area contributed by atoms with Crippen molar-refractivity contribution in [2.75, 3.05) is 0 Å². The first kappa shape index (κ1) is 13.9. The summed E-state index contributed by atoms with van der Waals surface area (Å²) in [6.07, 6.45) is 10.5. The van der Waals surface area contributed by atoms with E-state index in [1.165, 1.54) is 38.5 Å². The molecule has 128 valence electrons. The fraction of sp³-hybridized carbons (Fsp3) is 0.826. The summed E-state index contributed by atoms with van der Waals surface area (Å²) >= 11 is 0. The van der Waals surface area contributed by atoms with Gasteiger partial charge in [-0.1, -0.05) is 11.1 Å². The average Bonchev–Trinajstić information content (AvgIpc) is 3.18. The molecule has 0 aliphatic heterocycles. The van der Waals surface area contributed by atoms with Gasteiger partial charge in [-0.15, -0.1) is 0 Å². The lowest BCUT2D eigenvalue weighted by Gasteiger charge is -2.15. The molecule has 7 aliphatic carbocycles. The second-order valence-corrected chi connectivity index (χ2v) is 10.7. The molecule has 25 heavy (non-hydrogen) atoms. The van der Waals surface area contributed by atoms with E-state index in [-0.39, 0.29) is 0 Å². The number of hydrogen-bond donors (Lipinski definition) is 0. The van der Waals surface area contributed by atoms with Gasteiger partial charge in [0.2, 0.25) is 0 Å². The van der Waals surface area contributed by atoms with E-state index in [0.717, 1.165) is 72.0 Å². The zero-order valence-corrected chi connectivity index (χ0v) is 14.8. The van der Waals surface area contributed by atoms with Crippen LogP contribution in [0.2, 0.25) is 0 Å². The summed E-state index contributed by atoms with van der Waals surface area (Å²) in [6.45, 7) is 0. The summed E-state index contributed by atoms with van der Waals surface area (Å²) < 4.78 is 0. The maximum Gasteiger partial charge on any atom is 0.151 e. The SMILES string of the molecule is N#CC1(C#N)CC(C2C3C2[C@H]2CC[C@@H]3C2)=C(C2C3C2[C@H]2CC[C@@H]3C2)C1. The van der Waals surface area contributed by atoms with Crippen LogP contribution in [-0.2, 0) is 0 Å². The summed E-state index contributed by atoms with van der Waals surface area (Å²) in [4.78, 5) is 0. The molecule has 10 atom stereocenters. The van der Waals surface area contributed by atoms with Gasteiger partial charge in [-0.3, -0.25) is 0 Å². The summed E-state index contributed by atoms with van der Waals surface area (Å²) in [5.74, 6) is 9.35. The molecule has 0 radical (unpaired) electrons. The van der Waals surface area contributed by atoms with E-state index in [1.54, 1.807) is 11.1 Å². The van der Waals surface area contributed by atoms with Crippen LogP contribution < -0.4 is 0 Å². The number of allylic oxidation sites excluding steroid dienone is 2. The second kappa shape index (κ2) is 4.17. The van der Waals surface area contributed by atoms with E-state index >= 15 is 0 Å². The first-order chi connectivity index (χ1) is 12.2. The minimum absolute atomic E-state index is 0.712. The van der Waals surface area contributed by atoms with E-state index in [9.17, 15) is 10.5 Å². The first-order valence-corrected chi connectivity index (χ1v) is 10.8. The van der Waals surface area contributed by atoms with E-state index < -0.39 is 5.41 Å². The van der Waals surface area contributed by atoms with Gasteiger partial charge in [0.25, 0.3) is 0 Å². The van der Waals surface area contributed by atoms with Crippen LogP contribution in [0.4, 0.5) is 0 Å². The molecule has 4 bridgehead atoms. The van der Waals surface area contributed by atoms with Gasteiger partial charge in [0, 0.05) is 12.8 Å². The smallest absolute Gasteiger partial charge is 0.151 e. The normalized spacial score (nSPS) is 58.0. The number of nitrogens with zero attached hydrogens (tertiary/aromatic N) is 2. The molecule has 7 rings (SSSR count). The van der Waals surface area contributed by atoms with Gasteiger partial charge in [0.1, 0.15) is 0 Å². The van der Waals surface area contributed by atoms with Crippen molar-refractivity contribution < 1.29 is 0 Å². The van der Waals surface area contributed by atoms with Crippen molar-refractivity contribution >= 4 is 0 Å². The van der Waals surface area contributed by atoms with Crippen molar-refractivity contribution in [3.8, 4) is 12.1 Å². The zero-order chi connectivity index (χ0) is 16.5. The number of fused-ring (bicyclic) bond motifs is 10. The third kappa shape index (κ3) is 1.50. The Hall–Kier alpha value is -1.28. The Morgan fingerprint density at radius 3 is 1.32 bits per heavy atom. The van der Waals surface area contributed by atoms with Crippen LogP contribution in [0.3, 0.4) is 0 Å². The van der Waals surface area contributed by atoms with Crippen LogP contribution in [0, 0.1) is 87.3 Å². The Bertz CT molecular complexity index is 696. The van der Waals surface area contributed by atoms with Crippen molar-refractivity contribution in [1.29, 1.82) is 10.5 Å². The molecular weight excluding hydrogens is 304 g/mol. The predicted octanol–water partition coefficient (Wildman–Crippen LogP) is 4.69. The molecule has 6 saturated carbocycles. The molecule has 2 nitrogen and oxygen atoms in total. The molecule has 0 spiro atoms. The lowest BCUT2D eigenvalue weighted by molar-refractivity contribution is 0.456. The summed E-state index contributed by atoms with van der Waals surface area (Å²) in [7, 11) is 0. The molecule has 2 heteroatoms. The second-order valence-electron chi connectivity index (χ2n) is 10.7. The third-order valence-electron chi connectivity index (χ3n) is 10.1. The van der Waals surface area contributed by atoms with Crippen LogP contribution >= 0.6 is 0 Å². The average molecular weight is 330 g/mol. The lowest BCUT2D eigenvalue weighted by Crippen LogP contribution is -2.12. The van der Waals surface area contributed by atoms with Crippen molar-refractivity contribution in [3.63, 3.8) is 0 Å². The van der Waals surface area contributed by atoms with E-state index in [4.69, 9.17) is 0 Å². The van der Waals surface area contributed by atoms with Gasteiger partial charge in [-0.25, -0.2) is 0 Å². The highest BCUT2D eigenvalue weighted by molar-refractivity contribution is 5.44. The van der Waals surface area contributed by atoms with Crippen LogP contribution in [0.25, 0.3) is 0 Å². The summed E-state index contributed by atoms with van der Waals surface area (Å²) in [5, 5.41) is 19.6. The third-order valence-corrected chi connectivity index (χ3v) is 10.1. The van der Waals surface area contributed by atoms with E-state index in [1.807, 2.05) is 0 Å². The van der Waals surface area contributed by atoms with Crippen LogP contribution in [0.15, 0.2) is 11.1 Å². The molecule has 0 aromatic heterocycles. The molecule has 0 heterocycles. The Morgan fingerprint density at radius 1 is 0.640 bits per heavy atom. The largest absolute Gasteiger partial charge is 0.197 e. The van der Waals surface area contributed by atoms with Crippen molar-refractivity contribution in [2.45, 2.75) is 51.4 Å². The molecular formula is C23H26N2. The minimum atomic E-state index is -0.712. The van der Waals surface area contributed by atoms with Crippen LogP contribution in [0.5, 0.6) is 0 Å². The lowest BCUT2D eigenvalue weighted by atomic mass is 9.85. The first-order valence-electron chi connectivity index (χ1n) is 10.8. The maximum atomic E-state index is 9.80. The van der Waals surface area contributed by atoms with E-state index in [2.05, 4.69) is 12.1 Å². The van der Waals surface area contributed by atoms with Gasteiger partial charge < -0.3 is 0 Å². The van der Waals surface area contributed by atoms with Crippen molar-refractivity contribution in [2.24, 2.45) is 64.6 Å². The fourth-order valence-electron chi connectivity index (χ4n) is 9.37. The Morgan fingerprint density at radius 2 is 1.00 bits per heavy atom. The summed E-state index contributed by atoms with van der Waals surface area (Å²) in [6, 6.07) is 4.91. The number of hydrogen-bond acceptors (Lipinski definition) is 2. The Kier molecular flexibility index (Phi) is 2.31. The van der Waals surface area contributed by atoms with Crippen LogP contribution in [-0.4, -0.2) is 0 Å². The van der Waals surface area contributed by atoms with E-state index in [0.29, 0.717) is 0 Å². The molecule has 0 amide bonds. The van der Waals surface area contributed by atoms with Crippen molar-refractivity contribution in [3.05, 3.63) is 11.1 Å². The van der Waals surface area contributed by atoms with Gasteiger partial charge >= 0.3 is 0 Å². The summed E-state index contributed by atoms with van der Waals surface area (Å²) in [5.41, 5.74) is 2.61. The number of nitriles is 2. The van der Waals surface area contributed by atoms with Crippen LogP contribution in [0.1, 0.15) is 51.4 Å². The molecule has 0 aromatic carbocycles. The molecule has 7 aliphatic rings. The topological polar surface area (TPSA) is 47.6 Å². The highest BCUT2D eigenvalue weighted by atomic mass is 14.7. The molecule has 6 unspecified atom stereocenters. The monoisotopic (exact) mass is 330 g/mol. The molecule has 0 saturated heterocycles. The number of rotatable bonds is 2. The zero-order valence-electron chi connectivity index (χ0n) is 14.8. The maximum absolute atomic E-state index is 9.80. The molecule has 0 aromatic rings.